The van der Waals surface area contributed by atoms with E-state index in [4.69, 9.17) is 16.7 Å². The van der Waals surface area contributed by atoms with E-state index in [0.717, 1.165) is 16.8 Å². The summed E-state index contributed by atoms with van der Waals surface area (Å²) >= 11 is 5.85. The van der Waals surface area contributed by atoms with Crippen LogP contribution in [0.4, 0.5) is 0 Å². The molecule has 1 heterocycles. The molecule has 0 saturated heterocycles. The zero-order valence-electron chi connectivity index (χ0n) is 7.55. The van der Waals surface area contributed by atoms with Crippen molar-refractivity contribution in [1.29, 1.82) is 0 Å². The van der Waals surface area contributed by atoms with Crippen LogP contribution in [0.1, 0.15) is 35.6 Å². The molecule has 1 fully saturated rings. The number of aromatic nitrogens is 1. The number of pyridine rings is 1. The van der Waals surface area contributed by atoms with Crippen molar-refractivity contribution < 1.29 is 5.11 Å². The maximum atomic E-state index is 9.08. The van der Waals surface area contributed by atoms with E-state index in [0.29, 0.717) is 11.1 Å². The molecule has 0 bridgehead atoms. The Kier molecular flexibility index (Phi) is 2.26. The van der Waals surface area contributed by atoms with Gasteiger partial charge in [0.1, 0.15) is 5.15 Å². The topological polar surface area (TPSA) is 33.1 Å². The van der Waals surface area contributed by atoms with E-state index in [2.05, 4.69) is 4.98 Å². The van der Waals surface area contributed by atoms with Gasteiger partial charge in [0.15, 0.2) is 0 Å². The van der Waals surface area contributed by atoms with Crippen molar-refractivity contribution in [1.82, 2.24) is 4.98 Å². The highest BCUT2D eigenvalue weighted by Gasteiger charge is 2.27. The first-order valence-electron chi connectivity index (χ1n) is 4.49. The van der Waals surface area contributed by atoms with Crippen LogP contribution < -0.4 is 0 Å². The number of nitrogens with zero attached hydrogens (tertiary/aromatic N) is 1. The van der Waals surface area contributed by atoms with Gasteiger partial charge in [0, 0.05) is 11.6 Å². The minimum absolute atomic E-state index is 0.0494. The molecule has 0 unspecified atom stereocenters. The third-order valence-electron chi connectivity index (χ3n) is 2.52. The number of aliphatic hydroxyl groups is 1. The first kappa shape index (κ1) is 8.97. The molecule has 1 aliphatic rings. The lowest BCUT2D eigenvalue weighted by molar-refractivity contribution is 0.280. The number of halogens is 1. The maximum absolute atomic E-state index is 9.08. The van der Waals surface area contributed by atoms with Crippen LogP contribution in [-0.4, -0.2) is 10.1 Å². The predicted molar refractivity (Wildman–Crippen MR) is 51.9 cm³/mol. The minimum Gasteiger partial charge on any atom is -0.392 e. The van der Waals surface area contributed by atoms with Gasteiger partial charge in [-0.1, -0.05) is 11.6 Å². The zero-order valence-corrected chi connectivity index (χ0v) is 8.30. The SMILES string of the molecule is Cc1c(CO)cc(Cl)nc1C1CC1. The summed E-state index contributed by atoms with van der Waals surface area (Å²) < 4.78 is 0. The molecule has 13 heavy (non-hydrogen) atoms. The summed E-state index contributed by atoms with van der Waals surface area (Å²) in [4.78, 5) is 4.30. The Morgan fingerprint density at radius 3 is 2.85 bits per heavy atom. The smallest absolute Gasteiger partial charge is 0.129 e. The first-order chi connectivity index (χ1) is 6.22. The molecule has 1 aliphatic carbocycles. The van der Waals surface area contributed by atoms with Gasteiger partial charge < -0.3 is 5.11 Å². The van der Waals surface area contributed by atoms with E-state index < -0.39 is 0 Å². The maximum Gasteiger partial charge on any atom is 0.129 e. The Morgan fingerprint density at radius 2 is 2.31 bits per heavy atom. The van der Waals surface area contributed by atoms with Crippen LogP contribution in [-0.2, 0) is 6.61 Å². The summed E-state index contributed by atoms with van der Waals surface area (Å²) in [6.07, 6.45) is 2.41. The molecule has 2 rings (SSSR count). The summed E-state index contributed by atoms with van der Waals surface area (Å²) in [6, 6.07) is 1.74. The largest absolute Gasteiger partial charge is 0.392 e. The number of rotatable bonds is 2. The Morgan fingerprint density at radius 1 is 1.62 bits per heavy atom. The zero-order chi connectivity index (χ0) is 9.42. The molecule has 0 aliphatic heterocycles. The molecule has 2 nitrogen and oxygen atoms in total. The van der Waals surface area contributed by atoms with Crippen molar-refractivity contribution >= 4 is 11.6 Å². The minimum atomic E-state index is 0.0494. The molecule has 1 saturated carbocycles. The van der Waals surface area contributed by atoms with E-state index in [1.165, 1.54) is 12.8 Å². The van der Waals surface area contributed by atoms with Crippen LogP contribution in [0.25, 0.3) is 0 Å². The van der Waals surface area contributed by atoms with Gasteiger partial charge >= 0.3 is 0 Å². The molecule has 0 atom stereocenters. The van der Waals surface area contributed by atoms with Crippen LogP contribution in [0, 0.1) is 6.92 Å². The second-order valence-corrected chi connectivity index (χ2v) is 3.93. The third-order valence-corrected chi connectivity index (χ3v) is 2.71. The lowest BCUT2D eigenvalue weighted by Crippen LogP contribution is -1.98. The number of hydrogen-bond donors (Lipinski definition) is 1. The van der Waals surface area contributed by atoms with Crippen molar-refractivity contribution in [2.75, 3.05) is 0 Å². The van der Waals surface area contributed by atoms with Gasteiger partial charge in [-0.25, -0.2) is 4.98 Å². The van der Waals surface area contributed by atoms with E-state index in [-0.39, 0.29) is 6.61 Å². The van der Waals surface area contributed by atoms with Crippen molar-refractivity contribution in [2.45, 2.75) is 32.3 Å². The van der Waals surface area contributed by atoms with Gasteiger partial charge in [-0.2, -0.15) is 0 Å². The molecular formula is C10H12ClNO. The Bertz CT molecular complexity index is 334. The lowest BCUT2D eigenvalue weighted by atomic mass is 10.1. The summed E-state index contributed by atoms with van der Waals surface area (Å²) in [5, 5.41) is 9.58. The fraction of sp³-hybridized carbons (Fsp3) is 0.500. The molecule has 1 N–H and O–H groups in total. The fourth-order valence-corrected chi connectivity index (χ4v) is 1.79. The normalized spacial score (nSPS) is 16.2. The van der Waals surface area contributed by atoms with E-state index in [1.54, 1.807) is 6.07 Å². The van der Waals surface area contributed by atoms with Gasteiger partial charge in [0.2, 0.25) is 0 Å². The van der Waals surface area contributed by atoms with Gasteiger partial charge in [-0.15, -0.1) is 0 Å². The number of hydrogen-bond acceptors (Lipinski definition) is 2. The highest BCUT2D eigenvalue weighted by molar-refractivity contribution is 6.29. The molecule has 0 amide bonds. The second-order valence-electron chi connectivity index (χ2n) is 3.55. The molecule has 3 heteroatoms. The average molecular weight is 198 g/mol. The number of aliphatic hydroxyl groups excluding tert-OH is 1. The van der Waals surface area contributed by atoms with E-state index in [1.807, 2.05) is 6.92 Å². The average Bonchev–Trinajstić information content (AvgIpc) is 2.91. The summed E-state index contributed by atoms with van der Waals surface area (Å²) in [5.74, 6) is 0.587. The third kappa shape index (κ3) is 1.69. The van der Waals surface area contributed by atoms with Crippen LogP contribution in [0.2, 0.25) is 5.15 Å². The first-order valence-corrected chi connectivity index (χ1v) is 4.87. The van der Waals surface area contributed by atoms with Crippen LogP contribution in [0.5, 0.6) is 0 Å². The van der Waals surface area contributed by atoms with Gasteiger partial charge in [-0.3, -0.25) is 0 Å². The van der Waals surface area contributed by atoms with Crippen molar-refractivity contribution in [3.8, 4) is 0 Å². The molecular weight excluding hydrogens is 186 g/mol. The van der Waals surface area contributed by atoms with Crippen LogP contribution >= 0.6 is 11.6 Å². The fourth-order valence-electron chi connectivity index (χ4n) is 1.57. The highest BCUT2D eigenvalue weighted by atomic mass is 35.5. The monoisotopic (exact) mass is 197 g/mol. The molecule has 70 valence electrons. The predicted octanol–water partition coefficient (Wildman–Crippen LogP) is 2.41. The quantitative estimate of drug-likeness (QED) is 0.739. The summed E-state index contributed by atoms with van der Waals surface area (Å²) in [7, 11) is 0. The molecule has 0 spiro atoms. The molecule has 0 radical (unpaired) electrons. The Labute approximate surface area is 82.6 Å². The van der Waals surface area contributed by atoms with Crippen molar-refractivity contribution in [2.24, 2.45) is 0 Å². The van der Waals surface area contributed by atoms with Gasteiger partial charge in [-0.05, 0) is 37.0 Å². The summed E-state index contributed by atoms with van der Waals surface area (Å²) in [6.45, 7) is 2.05. The summed E-state index contributed by atoms with van der Waals surface area (Å²) in [5.41, 5.74) is 3.09. The van der Waals surface area contributed by atoms with Crippen molar-refractivity contribution in [3.63, 3.8) is 0 Å². The molecule has 0 aromatic carbocycles. The molecule has 1 aromatic rings. The van der Waals surface area contributed by atoms with Gasteiger partial charge in [0.05, 0.1) is 6.61 Å². The Balaban J connectivity index is 2.47. The standard InChI is InChI=1S/C10H12ClNO/c1-6-8(5-13)4-9(11)12-10(6)7-2-3-7/h4,7,13H,2-3,5H2,1H3. The van der Waals surface area contributed by atoms with E-state index in [9.17, 15) is 0 Å². The van der Waals surface area contributed by atoms with Gasteiger partial charge in [0.25, 0.3) is 0 Å². The van der Waals surface area contributed by atoms with Crippen LogP contribution in [0.15, 0.2) is 6.07 Å². The lowest BCUT2D eigenvalue weighted by Gasteiger charge is -2.08. The van der Waals surface area contributed by atoms with E-state index >= 15 is 0 Å². The van der Waals surface area contributed by atoms with Crippen molar-refractivity contribution in [3.05, 3.63) is 28.0 Å². The highest BCUT2D eigenvalue weighted by Crippen LogP contribution is 2.41. The second kappa shape index (κ2) is 3.28. The molecule has 1 aromatic heterocycles. The van der Waals surface area contributed by atoms with Crippen LogP contribution in [0.3, 0.4) is 0 Å². The Hall–Kier alpha value is -0.600.